The van der Waals surface area contributed by atoms with Crippen LogP contribution in [0.5, 0.6) is 11.5 Å². The summed E-state index contributed by atoms with van der Waals surface area (Å²) >= 11 is 9.31. The van der Waals surface area contributed by atoms with Crippen molar-refractivity contribution in [3.05, 3.63) is 51.2 Å². The fourth-order valence-electron chi connectivity index (χ4n) is 1.45. The van der Waals surface area contributed by atoms with Gasteiger partial charge in [-0.2, -0.15) is 0 Å². The Balaban J connectivity index is 2.45. The molecule has 0 bridgehead atoms. The van der Waals surface area contributed by atoms with Crippen LogP contribution < -0.4 is 4.74 Å². The SMILES string of the molecule is Cc1cc(Oc2cc(Br)ccc2Cl)c(C(=O)O)cn1. The molecule has 0 atom stereocenters. The Bertz CT molecular complexity index is 646. The van der Waals surface area contributed by atoms with E-state index in [1.165, 1.54) is 6.20 Å². The second-order valence-electron chi connectivity index (χ2n) is 3.80. The average Bonchev–Trinajstić information content (AvgIpc) is 2.33. The third-order valence-corrected chi connectivity index (χ3v) is 3.15. The molecular formula is C13H9BrClNO3. The number of hydrogen-bond donors (Lipinski definition) is 1. The minimum Gasteiger partial charge on any atom is -0.477 e. The maximum Gasteiger partial charge on any atom is 0.341 e. The van der Waals surface area contributed by atoms with Gasteiger partial charge in [0.1, 0.15) is 17.1 Å². The molecule has 0 unspecified atom stereocenters. The number of carboxylic acids is 1. The summed E-state index contributed by atoms with van der Waals surface area (Å²) in [6, 6.07) is 6.66. The molecular weight excluding hydrogens is 334 g/mol. The van der Waals surface area contributed by atoms with E-state index in [-0.39, 0.29) is 11.3 Å². The fraction of sp³-hybridized carbons (Fsp3) is 0.0769. The minimum atomic E-state index is -1.10. The first-order valence-electron chi connectivity index (χ1n) is 5.30. The van der Waals surface area contributed by atoms with E-state index in [4.69, 9.17) is 21.4 Å². The van der Waals surface area contributed by atoms with Crippen LogP contribution in [0.1, 0.15) is 16.1 Å². The van der Waals surface area contributed by atoms with Gasteiger partial charge >= 0.3 is 5.97 Å². The summed E-state index contributed by atoms with van der Waals surface area (Å²) in [4.78, 5) is 15.1. The van der Waals surface area contributed by atoms with Crippen molar-refractivity contribution in [3.8, 4) is 11.5 Å². The van der Waals surface area contributed by atoms with Crippen LogP contribution in [-0.2, 0) is 0 Å². The number of hydrogen-bond acceptors (Lipinski definition) is 3. The third kappa shape index (κ3) is 3.24. The largest absolute Gasteiger partial charge is 0.477 e. The van der Waals surface area contributed by atoms with Crippen molar-refractivity contribution in [2.45, 2.75) is 6.92 Å². The molecule has 0 aliphatic carbocycles. The number of carboxylic acid groups (broad SMARTS) is 1. The smallest absolute Gasteiger partial charge is 0.341 e. The lowest BCUT2D eigenvalue weighted by molar-refractivity contribution is 0.0693. The number of carbonyl (C=O) groups is 1. The minimum absolute atomic E-state index is 0.0124. The zero-order valence-electron chi connectivity index (χ0n) is 9.85. The zero-order chi connectivity index (χ0) is 14.0. The predicted octanol–water partition coefficient (Wildman–Crippen LogP) is 4.30. The standard InChI is InChI=1S/C13H9BrClNO3/c1-7-4-11(9(6-16-7)13(17)18)19-12-5-8(14)2-3-10(12)15/h2-6H,1H3,(H,17,18). The Morgan fingerprint density at radius 2 is 2.11 bits per heavy atom. The van der Waals surface area contributed by atoms with Gasteiger partial charge in [-0.1, -0.05) is 27.5 Å². The van der Waals surface area contributed by atoms with E-state index in [0.717, 1.165) is 4.47 Å². The van der Waals surface area contributed by atoms with Crippen molar-refractivity contribution < 1.29 is 14.6 Å². The van der Waals surface area contributed by atoms with E-state index >= 15 is 0 Å². The van der Waals surface area contributed by atoms with E-state index in [2.05, 4.69) is 20.9 Å². The predicted molar refractivity (Wildman–Crippen MR) is 75.2 cm³/mol. The third-order valence-electron chi connectivity index (χ3n) is 2.35. The van der Waals surface area contributed by atoms with Crippen LogP contribution in [0.15, 0.2) is 34.9 Å². The van der Waals surface area contributed by atoms with E-state index in [1.807, 2.05) is 0 Å². The van der Waals surface area contributed by atoms with Crippen LogP contribution in [0.2, 0.25) is 5.02 Å². The van der Waals surface area contributed by atoms with Crippen LogP contribution in [0.3, 0.4) is 0 Å². The molecule has 0 aliphatic rings. The van der Waals surface area contributed by atoms with Crippen LogP contribution >= 0.6 is 27.5 Å². The average molecular weight is 343 g/mol. The first-order chi connectivity index (χ1) is 8.97. The monoisotopic (exact) mass is 341 g/mol. The number of benzene rings is 1. The van der Waals surface area contributed by atoms with E-state index in [0.29, 0.717) is 16.5 Å². The summed E-state index contributed by atoms with van der Waals surface area (Å²) in [5, 5.41) is 9.49. The van der Waals surface area contributed by atoms with Crippen LogP contribution in [0.4, 0.5) is 0 Å². The molecule has 0 fully saturated rings. The molecule has 2 rings (SSSR count). The van der Waals surface area contributed by atoms with Gasteiger partial charge in [0.05, 0.1) is 5.02 Å². The summed E-state index contributed by atoms with van der Waals surface area (Å²) in [5.74, 6) is -0.516. The van der Waals surface area contributed by atoms with Gasteiger partial charge < -0.3 is 9.84 Å². The summed E-state index contributed by atoms with van der Waals surface area (Å²) < 4.78 is 6.37. The molecule has 0 saturated heterocycles. The highest BCUT2D eigenvalue weighted by Gasteiger charge is 2.14. The number of nitrogens with zero attached hydrogens (tertiary/aromatic N) is 1. The molecule has 0 saturated carbocycles. The number of aryl methyl sites for hydroxylation is 1. The molecule has 0 amide bonds. The number of aromatic carboxylic acids is 1. The first-order valence-corrected chi connectivity index (χ1v) is 6.47. The van der Waals surface area contributed by atoms with Gasteiger partial charge in [0.25, 0.3) is 0 Å². The van der Waals surface area contributed by atoms with Gasteiger partial charge in [-0.05, 0) is 25.1 Å². The lowest BCUT2D eigenvalue weighted by Crippen LogP contribution is -2.02. The Labute approximate surface area is 123 Å². The van der Waals surface area contributed by atoms with Crippen molar-refractivity contribution in [1.82, 2.24) is 4.98 Å². The van der Waals surface area contributed by atoms with Gasteiger partial charge in [0.2, 0.25) is 0 Å². The van der Waals surface area contributed by atoms with Crippen molar-refractivity contribution >= 4 is 33.5 Å². The number of halogens is 2. The van der Waals surface area contributed by atoms with Gasteiger partial charge in [-0.15, -0.1) is 0 Å². The molecule has 4 nitrogen and oxygen atoms in total. The van der Waals surface area contributed by atoms with Crippen molar-refractivity contribution in [1.29, 1.82) is 0 Å². The Morgan fingerprint density at radius 3 is 2.79 bits per heavy atom. The number of pyridine rings is 1. The molecule has 6 heteroatoms. The Hall–Kier alpha value is -1.59. The number of rotatable bonds is 3. The van der Waals surface area contributed by atoms with Crippen molar-refractivity contribution in [2.24, 2.45) is 0 Å². The zero-order valence-corrected chi connectivity index (χ0v) is 12.2. The van der Waals surface area contributed by atoms with Gasteiger partial charge in [-0.3, -0.25) is 4.98 Å². The second-order valence-corrected chi connectivity index (χ2v) is 5.13. The maximum absolute atomic E-state index is 11.1. The van der Waals surface area contributed by atoms with Crippen molar-refractivity contribution in [2.75, 3.05) is 0 Å². The van der Waals surface area contributed by atoms with Gasteiger partial charge in [-0.25, -0.2) is 4.79 Å². The summed E-state index contributed by atoms with van der Waals surface area (Å²) in [6.45, 7) is 1.75. The lowest BCUT2D eigenvalue weighted by atomic mass is 10.2. The molecule has 0 radical (unpaired) electrons. The molecule has 0 spiro atoms. The first kappa shape index (κ1) is 13.8. The molecule has 2 aromatic rings. The lowest BCUT2D eigenvalue weighted by Gasteiger charge is -2.10. The highest BCUT2D eigenvalue weighted by atomic mass is 79.9. The summed E-state index contributed by atoms with van der Waals surface area (Å²) in [6.07, 6.45) is 1.26. The van der Waals surface area contributed by atoms with Gasteiger partial charge in [0, 0.05) is 22.4 Å². The highest BCUT2D eigenvalue weighted by Crippen LogP contribution is 2.33. The molecule has 1 heterocycles. The Morgan fingerprint density at radius 1 is 1.37 bits per heavy atom. The quantitative estimate of drug-likeness (QED) is 0.903. The normalized spacial score (nSPS) is 10.3. The highest BCUT2D eigenvalue weighted by molar-refractivity contribution is 9.10. The van der Waals surface area contributed by atoms with Crippen LogP contribution in [-0.4, -0.2) is 16.1 Å². The molecule has 19 heavy (non-hydrogen) atoms. The molecule has 1 aromatic heterocycles. The number of aromatic nitrogens is 1. The molecule has 0 aliphatic heterocycles. The molecule has 1 aromatic carbocycles. The van der Waals surface area contributed by atoms with Crippen LogP contribution in [0.25, 0.3) is 0 Å². The summed E-state index contributed by atoms with van der Waals surface area (Å²) in [5.41, 5.74) is 0.646. The second kappa shape index (κ2) is 5.59. The summed E-state index contributed by atoms with van der Waals surface area (Å²) in [7, 11) is 0. The van der Waals surface area contributed by atoms with Crippen molar-refractivity contribution in [3.63, 3.8) is 0 Å². The van der Waals surface area contributed by atoms with E-state index in [1.54, 1.807) is 31.2 Å². The van der Waals surface area contributed by atoms with E-state index < -0.39 is 5.97 Å². The van der Waals surface area contributed by atoms with Gasteiger partial charge in [0.15, 0.2) is 0 Å². The maximum atomic E-state index is 11.1. The number of ether oxygens (including phenoxy) is 1. The van der Waals surface area contributed by atoms with E-state index in [9.17, 15) is 4.79 Å². The Kier molecular flexibility index (Phi) is 4.07. The van der Waals surface area contributed by atoms with Crippen LogP contribution in [0, 0.1) is 6.92 Å². The molecule has 1 N–H and O–H groups in total. The topological polar surface area (TPSA) is 59.4 Å². The molecule has 98 valence electrons. The fourth-order valence-corrected chi connectivity index (χ4v) is 1.95.